The summed E-state index contributed by atoms with van der Waals surface area (Å²) in [5.41, 5.74) is 0. The predicted octanol–water partition coefficient (Wildman–Crippen LogP) is 2.78. The Hall–Kier alpha value is 0.270. The van der Waals surface area contributed by atoms with E-state index in [-0.39, 0.29) is 0 Å². The molecular formula is C12H27NOS. The SMILES string of the molecule is CCNC(CCCOC)CSCC(C)C. The largest absolute Gasteiger partial charge is 0.385 e. The molecule has 0 saturated heterocycles. The van der Waals surface area contributed by atoms with Crippen LogP contribution in [0.4, 0.5) is 0 Å². The molecule has 0 fully saturated rings. The number of hydrogen-bond donors (Lipinski definition) is 1. The Bertz CT molecular complexity index is 131. The zero-order chi connectivity index (χ0) is 11.5. The molecule has 1 unspecified atom stereocenters. The monoisotopic (exact) mass is 233 g/mol. The van der Waals surface area contributed by atoms with Gasteiger partial charge in [-0.05, 0) is 31.1 Å². The van der Waals surface area contributed by atoms with E-state index < -0.39 is 0 Å². The standard InChI is InChI=1S/C12H27NOS/c1-5-13-12(7-6-8-14-4)10-15-9-11(2)3/h11-13H,5-10H2,1-4H3. The number of ether oxygens (including phenoxy) is 1. The Balaban J connectivity index is 3.53. The molecule has 15 heavy (non-hydrogen) atoms. The van der Waals surface area contributed by atoms with Gasteiger partial charge in [0.15, 0.2) is 0 Å². The van der Waals surface area contributed by atoms with Crippen molar-refractivity contribution in [2.45, 2.75) is 39.7 Å². The third kappa shape index (κ3) is 10.6. The molecule has 0 bridgehead atoms. The van der Waals surface area contributed by atoms with E-state index in [1.54, 1.807) is 7.11 Å². The molecular weight excluding hydrogens is 206 g/mol. The van der Waals surface area contributed by atoms with Crippen LogP contribution in [0.3, 0.4) is 0 Å². The van der Waals surface area contributed by atoms with Crippen molar-refractivity contribution in [2.24, 2.45) is 5.92 Å². The van der Waals surface area contributed by atoms with E-state index in [1.165, 1.54) is 17.9 Å². The summed E-state index contributed by atoms with van der Waals surface area (Å²) >= 11 is 2.06. The number of rotatable bonds is 10. The van der Waals surface area contributed by atoms with Gasteiger partial charge in [0, 0.05) is 25.5 Å². The van der Waals surface area contributed by atoms with E-state index in [9.17, 15) is 0 Å². The Labute approximate surface area is 99.5 Å². The van der Waals surface area contributed by atoms with Crippen LogP contribution in [0.2, 0.25) is 0 Å². The Morgan fingerprint density at radius 2 is 2.00 bits per heavy atom. The molecule has 1 N–H and O–H groups in total. The normalized spacial score (nSPS) is 13.4. The second-order valence-corrected chi connectivity index (χ2v) is 5.40. The van der Waals surface area contributed by atoms with Crippen molar-refractivity contribution in [3.05, 3.63) is 0 Å². The second-order valence-electron chi connectivity index (χ2n) is 4.32. The number of methoxy groups -OCH3 is 1. The fourth-order valence-corrected chi connectivity index (χ4v) is 2.63. The summed E-state index contributed by atoms with van der Waals surface area (Å²) < 4.78 is 5.08. The van der Waals surface area contributed by atoms with Gasteiger partial charge in [0.2, 0.25) is 0 Å². The minimum absolute atomic E-state index is 0.661. The van der Waals surface area contributed by atoms with Crippen LogP contribution in [-0.2, 0) is 4.74 Å². The van der Waals surface area contributed by atoms with Gasteiger partial charge < -0.3 is 10.1 Å². The van der Waals surface area contributed by atoms with Gasteiger partial charge in [0.25, 0.3) is 0 Å². The molecule has 0 aromatic heterocycles. The summed E-state index contributed by atoms with van der Waals surface area (Å²) in [5.74, 6) is 3.30. The average molecular weight is 233 g/mol. The molecule has 0 saturated carbocycles. The first-order chi connectivity index (χ1) is 7.20. The summed E-state index contributed by atoms with van der Waals surface area (Å²) in [5, 5.41) is 3.54. The van der Waals surface area contributed by atoms with Crippen LogP contribution in [0.1, 0.15) is 33.6 Å². The third-order valence-corrected chi connectivity index (χ3v) is 3.70. The van der Waals surface area contributed by atoms with Crippen molar-refractivity contribution in [3.63, 3.8) is 0 Å². The number of thioether (sulfide) groups is 1. The van der Waals surface area contributed by atoms with Crippen LogP contribution in [0.25, 0.3) is 0 Å². The number of hydrogen-bond acceptors (Lipinski definition) is 3. The van der Waals surface area contributed by atoms with Gasteiger partial charge in [0.1, 0.15) is 0 Å². The van der Waals surface area contributed by atoms with Crippen LogP contribution in [-0.4, -0.2) is 37.8 Å². The first kappa shape index (κ1) is 15.3. The fourth-order valence-electron chi connectivity index (χ4n) is 1.45. The molecule has 0 aromatic rings. The highest BCUT2D eigenvalue weighted by atomic mass is 32.2. The maximum Gasteiger partial charge on any atom is 0.0462 e. The molecule has 0 aliphatic carbocycles. The summed E-state index contributed by atoms with van der Waals surface area (Å²) in [7, 11) is 1.77. The first-order valence-corrected chi connectivity index (χ1v) is 7.16. The van der Waals surface area contributed by atoms with Gasteiger partial charge in [-0.25, -0.2) is 0 Å². The van der Waals surface area contributed by atoms with Crippen molar-refractivity contribution in [1.29, 1.82) is 0 Å². The summed E-state index contributed by atoms with van der Waals surface area (Å²) in [4.78, 5) is 0. The number of nitrogens with one attached hydrogen (secondary N) is 1. The van der Waals surface area contributed by atoms with Crippen LogP contribution in [0.15, 0.2) is 0 Å². The minimum atomic E-state index is 0.661. The van der Waals surface area contributed by atoms with Crippen LogP contribution in [0.5, 0.6) is 0 Å². The molecule has 0 radical (unpaired) electrons. The van der Waals surface area contributed by atoms with Crippen LogP contribution < -0.4 is 5.32 Å². The van der Waals surface area contributed by atoms with Crippen molar-refractivity contribution in [2.75, 3.05) is 31.8 Å². The van der Waals surface area contributed by atoms with Crippen molar-refractivity contribution < 1.29 is 4.74 Å². The topological polar surface area (TPSA) is 21.3 Å². The molecule has 0 spiro atoms. The summed E-state index contributed by atoms with van der Waals surface area (Å²) in [6.45, 7) is 8.69. The lowest BCUT2D eigenvalue weighted by molar-refractivity contribution is 0.190. The lowest BCUT2D eigenvalue weighted by atomic mass is 10.2. The molecule has 0 rings (SSSR count). The minimum Gasteiger partial charge on any atom is -0.385 e. The lowest BCUT2D eigenvalue weighted by Gasteiger charge is -2.17. The van der Waals surface area contributed by atoms with Crippen LogP contribution >= 0.6 is 11.8 Å². The van der Waals surface area contributed by atoms with E-state index in [1.807, 2.05) is 0 Å². The molecule has 92 valence electrons. The molecule has 0 amide bonds. The van der Waals surface area contributed by atoms with E-state index in [0.29, 0.717) is 6.04 Å². The van der Waals surface area contributed by atoms with Crippen molar-refractivity contribution in [1.82, 2.24) is 5.32 Å². The van der Waals surface area contributed by atoms with Gasteiger partial charge in [-0.15, -0.1) is 0 Å². The molecule has 0 aliphatic rings. The molecule has 3 heteroatoms. The quantitative estimate of drug-likeness (QED) is 0.586. The van der Waals surface area contributed by atoms with E-state index in [4.69, 9.17) is 4.74 Å². The average Bonchev–Trinajstić information content (AvgIpc) is 2.17. The van der Waals surface area contributed by atoms with Gasteiger partial charge in [-0.1, -0.05) is 20.8 Å². The Morgan fingerprint density at radius 3 is 2.53 bits per heavy atom. The second kappa shape index (κ2) is 10.8. The van der Waals surface area contributed by atoms with E-state index in [0.717, 1.165) is 25.5 Å². The molecule has 0 aromatic carbocycles. The van der Waals surface area contributed by atoms with Gasteiger partial charge >= 0.3 is 0 Å². The van der Waals surface area contributed by atoms with E-state index >= 15 is 0 Å². The van der Waals surface area contributed by atoms with Gasteiger partial charge in [-0.3, -0.25) is 0 Å². The highest BCUT2D eigenvalue weighted by Gasteiger charge is 2.07. The molecule has 0 heterocycles. The molecule has 2 nitrogen and oxygen atoms in total. The highest BCUT2D eigenvalue weighted by Crippen LogP contribution is 2.11. The predicted molar refractivity (Wildman–Crippen MR) is 70.7 cm³/mol. The lowest BCUT2D eigenvalue weighted by Crippen LogP contribution is -2.31. The smallest absolute Gasteiger partial charge is 0.0462 e. The zero-order valence-electron chi connectivity index (χ0n) is 10.7. The Kier molecular flexibility index (Phi) is 11.0. The maximum absolute atomic E-state index is 5.08. The molecule has 0 aliphatic heterocycles. The fraction of sp³-hybridized carbons (Fsp3) is 1.00. The Morgan fingerprint density at radius 1 is 1.27 bits per heavy atom. The van der Waals surface area contributed by atoms with Gasteiger partial charge in [0.05, 0.1) is 0 Å². The maximum atomic E-state index is 5.08. The highest BCUT2D eigenvalue weighted by molar-refractivity contribution is 7.99. The molecule has 1 atom stereocenters. The van der Waals surface area contributed by atoms with Crippen molar-refractivity contribution in [3.8, 4) is 0 Å². The third-order valence-electron chi connectivity index (χ3n) is 2.16. The summed E-state index contributed by atoms with van der Waals surface area (Å²) in [6, 6.07) is 0.661. The van der Waals surface area contributed by atoms with Gasteiger partial charge in [-0.2, -0.15) is 11.8 Å². The summed E-state index contributed by atoms with van der Waals surface area (Å²) in [6.07, 6.45) is 2.39. The first-order valence-electron chi connectivity index (χ1n) is 6.00. The van der Waals surface area contributed by atoms with E-state index in [2.05, 4.69) is 37.8 Å². The van der Waals surface area contributed by atoms with Crippen LogP contribution in [0, 0.1) is 5.92 Å². The van der Waals surface area contributed by atoms with Crippen molar-refractivity contribution >= 4 is 11.8 Å². The zero-order valence-corrected chi connectivity index (χ0v) is 11.5.